The van der Waals surface area contributed by atoms with Gasteiger partial charge >= 0.3 is 0 Å². The molecule has 0 bridgehead atoms. The fraction of sp³-hybridized carbons (Fsp3) is 0.857. The van der Waals surface area contributed by atoms with Gasteiger partial charge in [0.1, 0.15) is 5.75 Å². The Morgan fingerprint density at radius 3 is 2.64 bits per heavy atom. The lowest BCUT2D eigenvalue weighted by molar-refractivity contribution is 0.561. The van der Waals surface area contributed by atoms with Gasteiger partial charge in [0.2, 0.25) is 10.0 Å². The van der Waals surface area contributed by atoms with Crippen molar-refractivity contribution in [3.63, 3.8) is 0 Å². The molecule has 0 spiro atoms. The van der Waals surface area contributed by atoms with Crippen molar-refractivity contribution < 1.29 is 8.42 Å². The maximum atomic E-state index is 11.3. The fourth-order valence-electron chi connectivity index (χ4n) is 0.889. The van der Waals surface area contributed by atoms with Gasteiger partial charge in [0.25, 0.3) is 0 Å². The molecule has 0 amide bonds. The number of nitrogens with one attached hydrogen (secondary N) is 1. The first-order valence-electron chi connectivity index (χ1n) is 4.14. The number of nitrogens with two attached hydrogens (primary N) is 1. The third-order valence-corrected chi connectivity index (χ3v) is 3.89. The molecule has 0 radical (unpaired) electrons. The molecule has 0 aromatic carbocycles. The zero-order valence-corrected chi connectivity index (χ0v) is 10.8. The van der Waals surface area contributed by atoms with E-state index < -0.39 is 10.0 Å². The van der Waals surface area contributed by atoms with Crippen LogP contribution in [-0.2, 0) is 10.0 Å². The minimum absolute atomic E-state index is 0.00503. The second-order valence-corrected chi connectivity index (χ2v) is 6.29. The summed E-state index contributed by atoms with van der Waals surface area (Å²) in [6, 6.07) is -0.0678. The summed E-state index contributed by atoms with van der Waals surface area (Å²) in [5.74, 6) is 0.655. The Balaban J connectivity index is 4.02. The van der Waals surface area contributed by atoms with Crippen molar-refractivity contribution in [1.29, 1.82) is 0 Å². The minimum atomic E-state index is -3.34. The molecule has 14 heavy (non-hydrogen) atoms. The van der Waals surface area contributed by atoms with Gasteiger partial charge in [0, 0.05) is 6.04 Å². The smallest absolute Gasteiger partial charge is 0.218 e. The summed E-state index contributed by atoms with van der Waals surface area (Å²) in [5.41, 5.74) is 5.16. The Morgan fingerprint density at radius 2 is 2.21 bits per heavy atom. The lowest BCUT2D eigenvalue weighted by atomic mass is 10.3. The van der Waals surface area contributed by atoms with Gasteiger partial charge in [0.05, 0.1) is 4.99 Å². The van der Waals surface area contributed by atoms with Crippen molar-refractivity contribution in [1.82, 2.24) is 4.72 Å². The van der Waals surface area contributed by atoms with Crippen molar-refractivity contribution in [3.05, 3.63) is 0 Å². The molecule has 0 aromatic rings. The SMILES string of the molecule is CSCCC(C)NS(=O)(=O)CC(N)=S. The predicted octanol–water partition coefficient (Wildman–Crippen LogP) is 0.334. The van der Waals surface area contributed by atoms with Crippen molar-refractivity contribution in [3.8, 4) is 0 Å². The average molecular weight is 256 g/mol. The Labute approximate surface area is 95.1 Å². The van der Waals surface area contributed by atoms with Crippen LogP contribution in [-0.4, -0.2) is 37.2 Å². The van der Waals surface area contributed by atoms with E-state index in [0.717, 1.165) is 12.2 Å². The van der Waals surface area contributed by atoms with E-state index in [-0.39, 0.29) is 16.8 Å². The second-order valence-electron chi connectivity index (χ2n) is 3.03. The van der Waals surface area contributed by atoms with Gasteiger partial charge in [-0.3, -0.25) is 0 Å². The monoisotopic (exact) mass is 256 g/mol. The summed E-state index contributed by atoms with van der Waals surface area (Å²) < 4.78 is 25.2. The van der Waals surface area contributed by atoms with Gasteiger partial charge in [0.15, 0.2) is 0 Å². The van der Waals surface area contributed by atoms with E-state index in [0.29, 0.717) is 0 Å². The van der Waals surface area contributed by atoms with Crippen LogP contribution in [0.4, 0.5) is 0 Å². The molecule has 0 saturated carbocycles. The highest BCUT2D eigenvalue weighted by Gasteiger charge is 2.14. The van der Waals surface area contributed by atoms with Gasteiger partial charge in [-0.15, -0.1) is 0 Å². The van der Waals surface area contributed by atoms with E-state index in [1.165, 1.54) is 0 Å². The number of sulfonamides is 1. The molecule has 0 aliphatic heterocycles. The van der Waals surface area contributed by atoms with Crippen LogP contribution in [0.15, 0.2) is 0 Å². The highest BCUT2D eigenvalue weighted by Crippen LogP contribution is 2.01. The highest BCUT2D eigenvalue weighted by atomic mass is 32.2. The summed E-state index contributed by atoms with van der Waals surface area (Å²) >= 11 is 6.22. The maximum absolute atomic E-state index is 11.3. The molecule has 0 fully saturated rings. The molecule has 7 heteroatoms. The number of hydrogen-bond donors (Lipinski definition) is 2. The topological polar surface area (TPSA) is 72.2 Å². The summed E-state index contributed by atoms with van der Waals surface area (Å²) in [5, 5.41) is 0. The van der Waals surface area contributed by atoms with Gasteiger partial charge in [-0.05, 0) is 25.4 Å². The molecule has 1 unspecified atom stereocenters. The van der Waals surface area contributed by atoms with Crippen LogP contribution in [0.1, 0.15) is 13.3 Å². The second kappa shape index (κ2) is 6.60. The number of thiocarbonyl (C=S) groups is 1. The molecule has 0 heterocycles. The molecule has 0 saturated heterocycles. The van der Waals surface area contributed by atoms with Crippen LogP contribution in [0, 0.1) is 0 Å². The number of rotatable bonds is 7. The largest absolute Gasteiger partial charge is 0.392 e. The van der Waals surface area contributed by atoms with E-state index in [1.807, 2.05) is 13.2 Å². The van der Waals surface area contributed by atoms with Crippen molar-refractivity contribution >= 4 is 39.0 Å². The predicted molar refractivity (Wildman–Crippen MR) is 66.2 cm³/mol. The van der Waals surface area contributed by atoms with Crippen LogP contribution < -0.4 is 10.5 Å². The maximum Gasteiger partial charge on any atom is 0.218 e. The summed E-state index contributed by atoms with van der Waals surface area (Å²) in [6.07, 6.45) is 2.79. The van der Waals surface area contributed by atoms with Crippen LogP contribution in [0.5, 0.6) is 0 Å². The molecular weight excluding hydrogens is 240 g/mol. The Bertz CT molecular complexity index is 277. The van der Waals surface area contributed by atoms with E-state index in [4.69, 9.17) is 5.73 Å². The zero-order chi connectivity index (χ0) is 11.2. The zero-order valence-electron chi connectivity index (χ0n) is 8.32. The Hall–Kier alpha value is 0.150. The van der Waals surface area contributed by atoms with E-state index in [9.17, 15) is 8.42 Å². The molecule has 3 N–H and O–H groups in total. The lowest BCUT2D eigenvalue weighted by Gasteiger charge is -2.12. The Morgan fingerprint density at radius 1 is 1.64 bits per heavy atom. The average Bonchev–Trinajstić information content (AvgIpc) is 1.96. The van der Waals surface area contributed by atoms with Crippen molar-refractivity contribution in [2.45, 2.75) is 19.4 Å². The third kappa shape index (κ3) is 7.54. The number of hydrogen-bond acceptors (Lipinski definition) is 4. The quantitative estimate of drug-likeness (QED) is 0.642. The first kappa shape index (κ1) is 14.2. The van der Waals surface area contributed by atoms with Crippen LogP contribution in [0.25, 0.3) is 0 Å². The molecule has 0 rings (SSSR count). The fourth-order valence-corrected chi connectivity index (χ4v) is 3.13. The third-order valence-electron chi connectivity index (χ3n) is 1.47. The molecule has 1 atom stereocenters. The van der Waals surface area contributed by atoms with Crippen molar-refractivity contribution in [2.24, 2.45) is 5.73 Å². The van der Waals surface area contributed by atoms with E-state index in [1.54, 1.807) is 11.8 Å². The molecule has 0 aliphatic rings. The summed E-state index contributed by atoms with van der Waals surface area (Å²) in [7, 11) is -3.34. The standard InChI is InChI=1S/C7H16N2O2S3/c1-6(3-4-13-2)9-14(10,11)5-7(8)12/h6,9H,3-5H2,1-2H3,(H2,8,12). The lowest BCUT2D eigenvalue weighted by Crippen LogP contribution is -2.38. The first-order chi connectivity index (χ1) is 6.37. The van der Waals surface area contributed by atoms with Gasteiger partial charge in [-0.25, -0.2) is 13.1 Å². The van der Waals surface area contributed by atoms with Crippen LogP contribution >= 0.6 is 24.0 Å². The molecule has 84 valence electrons. The van der Waals surface area contributed by atoms with Gasteiger partial charge < -0.3 is 5.73 Å². The van der Waals surface area contributed by atoms with Gasteiger partial charge in [-0.2, -0.15) is 11.8 Å². The summed E-state index contributed by atoms with van der Waals surface area (Å²) in [4.78, 5) is -0.00503. The molecular formula is C7H16N2O2S3. The molecule has 0 aliphatic carbocycles. The molecule has 0 aromatic heterocycles. The highest BCUT2D eigenvalue weighted by molar-refractivity contribution is 7.98. The first-order valence-corrected chi connectivity index (χ1v) is 7.60. The normalized spacial score (nSPS) is 13.9. The minimum Gasteiger partial charge on any atom is -0.392 e. The van der Waals surface area contributed by atoms with E-state index >= 15 is 0 Å². The van der Waals surface area contributed by atoms with E-state index in [2.05, 4.69) is 16.9 Å². The number of thioether (sulfide) groups is 1. The van der Waals surface area contributed by atoms with Crippen molar-refractivity contribution in [2.75, 3.05) is 17.8 Å². The van der Waals surface area contributed by atoms with Gasteiger partial charge in [-0.1, -0.05) is 12.2 Å². The van der Waals surface area contributed by atoms with Crippen LogP contribution in [0.3, 0.4) is 0 Å². The van der Waals surface area contributed by atoms with Crippen LogP contribution in [0.2, 0.25) is 0 Å². The Kier molecular flexibility index (Phi) is 6.67. The molecule has 4 nitrogen and oxygen atoms in total. The summed E-state index contributed by atoms with van der Waals surface area (Å²) in [6.45, 7) is 1.83.